The molecule has 222 valence electrons. The van der Waals surface area contributed by atoms with Crippen LogP contribution in [0.3, 0.4) is 0 Å². The lowest BCUT2D eigenvalue weighted by Crippen LogP contribution is -2.48. The van der Waals surface area contributed by atoms with Crippen LogP contribution in [0.15, 0.2) is 36.4 Å². The van der Waals surface area contributed by atoms with Gasteiger partial charge in [0.25, 0.3) is 0 Å². The lowest BCUT2D eigenvalue weighted by Gasteiger charge is -2.43. The van der Waals surface area contributed by atoms with E-state index in [0.717, 1.165) is 56.7 Å². The molecule has 40 heavy (non-hydrogen) atoms. The second kappa shape index (κ2) is 13.2. The van der Waals surface area contributed by atoms with Crippen molar-refractivity contribution in [3.8, 4) is 0 Å². The number of hydrogen-bond donors (Lipinski definition) is 0. The molecule has 1 atom stereocenters. The fourth-order valence-electron chi connectivity index (χ4n) is 5.87. The average molecular weight is 611 g/mol. The number of likely N-dealkylation sites (tertiary alicyclic amines) is 2. The zero-order valence-corrected chi connectivity index (χ0v) is 24.0. The molecule has 0 aromatic heterocycles. The maximum atomic E-state index is 13.3. The molecule has 2 aliphatic rings. The van der Waals surface area contributed by atoms with E-state index < -0.39 is 23.5 Å². The second-order valence-corrected chi connectivity index (χ2v) is 11.8. The fourth-order valence-corrected chi connectivity index (χ4v) is 6.17. The Morgan fingerprint density at radius 3 is 1.98 bits per heavy atom. The molecule has 0 N–H and O–H groups in total. The first-order valence-electron chi connectivity index (χ1n) is 13.7. The summed E-state index contributed by atoms with van der Waals surface area (Å²) in [6.45, 7) is 4.91. The van der Waals surface area contributed by atoms with E-state index in [1.165, 1.54) is 19.3 Å². The predicted molar refractivity (Wildman–Crippen MR) is 147 cm³/mol. The number of likely N-dealkylation sites (N-methyl/N-ethyl adjacent to an activating group) is 1. The SMILES string of the molecule is CN(CCc1cc(C(F)(F)F)cc(C(F)(F)F)c1)CC(c1ccc(Cl)c(Cl)c1)N1CCC(N2CCCCC2)CC1. The molecular weight excluding hydrogens is 575 g/mol. The Labute approximate surface area is 242 Å². The summed E-state index contributed by atoms with van der Waals surface area (Å²) in [6, 6.07) is 7.85. The molecule has 11 heteroatoms. The molecule has 0 amide bonds. The van der Waals surface area contributed by atoms with Gasteiger partial charge in [-0.05, 0) is 93.7 Å². The second-order valence-electron chi connectivity index (χ2n) is 11.0. The van der Waals surface area contributed by atoms with Gasteiger partial charge in [-0.15, -0.1) is 0 Å². The minimum atomic E-state index is -4.86. The highest BCUT2D eigenvalue weighted by atomic mass is 35.5. The van der Waals surface area contributed by atoms with Gasteiger partial charge in [0.15, 0.2) is 0 Å². The summed E-state index contributed by atoms with van der Waals surface area (Å²) >= 11 is 12.5. The maximum absolute atomic E-state index is 13.3. The molecule has 2 saturated heterocycles. The van der Waals surface area contributed by atoms with Crippen LogP contribution in [0.1, 0.15) is 60.4 Å². The monoisotopic (exact) mass is 609 g/mol. The summed E-state index contributed by atoms with van der Waals surface area (Å²) in [5, 5.41) is 0.894. The average Bonchev–Trinajstić information content (AvgIpc) is 2.92. The topological polar surface area (TPSA) is 9.72 Å². The van der Waals surface area contributed by atoms with Gasteiger partial charge in [0.1, 0.15) is 0 Å². The van der Waals surface area contributed by atoms with Crippen LogP contribution in [0.4, 0.5) is 26.3 Å². The van der Waals surface area contributed by atoms with Gasteiger partial charge >= 0.3 is 12.4 Å². The third-order valence-corrected chi connectivity index (χ3v) is 8.83. The summed E-state index contributed by atoms with van der Waals surface area (Å²) in [7, 11) is 1.84. The highest BCUT2D eigenvalue weighted by molar-refractivity contribution is 6.42. The number of benzene rings is 2. The highest BCUT2D eigenvalue weighted by Crippen LogP contribution is 2.37. The zero-order valence-electron chi connectivity index (χ0n) is 22.5. The van der Waals surface area contributed by atoms with E-state index >= 15 is 0 Å². The van der Waals surface area contributed by atoms with E-state index in [0.29, 0.717) is 29.2 Å². The Morgan fingerprint density at radius 1 is 0.825 bits per heavy atom. The van der Waals surface area contributed by atoms with Gasteiger partial charge in [-0.2, -0.15) is 26.3 Å². The lowest BCUT2D eigenvalue weighted by molar-refractivity contribution is -0.143. The van der Waals surface area contributed by atoms with Gasteiger partial charge in [0, 0.05) is 38.3 Å². The Kier molecular flexibility index (Phi) is 10.4. The van der Waals surface area contributed by atoms with Gasteiger partial charge in [-0.3, -0.25) is 4.90 Å². The summed E-state index contributed by atoms with van der Waals surface area (Å²) in [6.07, 6.45) is -3.80. The molecule has 4 rings (SSSR count). The molecule has 0 radical (unpaired) electrons. The third-order valence-electron chi connectivity index (χ3n) is 8.09. The van der Waals surface area contributed by atoms with Crippen molar-refractivity contribution in [1.82, 2.24) is 14.7 Å². The van der Waals surface area contributed by atoms with Gasteiger partial charge in [0.2, 0.25) is 0 Å². The molecule has 2 heterocycles. The summed E-state index contributed by atoms with van der Waals surface area (Å²) in [5.74, 6) is 0. The Hall–Kier alpha value is -1.52. The normalized spacial score (nSPS) is 19.4. The van der Waals surface area contributed by atoms with E-state index in [1.54, 1.807) is 6.07 Å². The molecule has 3 nitrogen and oxygen atoms in total. The van der Waals surface area contributed by atoms with Crippen LogP contribution in [0.25, 0.3) is 0 Å². The Bertz CT molecular complexity index is 1090. The largest absolute Gasteiger partial charge is 0.416 e. The Morgan fingerprint density at radius 2 is 1.43 bits per heavy atom. The van der Waals surface area contributed by atoms with E-state index in [9.17, 15) is 26.3 Å². The number of nitrogens with zero attached hydrogens (tertiary/aromatic N) is 3. The van der Waals surface area contributed by atoms with Gasteiger partial charge in [-0.1, -0.05) is 35.7 Å². The lowest BCUT2D eigenvalue weighted by atomic mass is 9.96. The van der Waals surface area contributed by atoms with E-state index in [1.807, 2.05) is 24.1 Å². The third kappa shape index (κ3) is 8.28. The first-order valence-corrected chi connectivity index (χ1v) is 14.5. The van der Waals surface area contributed by atoms with Crippen LogP contribution >= 0.6 is 23.2 Å². The molecule has 0 aliphatic carbocycles. The van der Waals surface area contributed by atoms with E-state index in [-0.39, 0.29) is 24.1 Å². The van der Waals surface area contributed by atoms with Crippen molar-refractivity contribution in [3.05, 3.63) is 68.7 Å². The maximum Gasteiger partial charge on any atom is 0.416 e. The molecule has 0 bridgehead atoms. The van der Waals surface area contributed by atoms with Gasteiger partial charge < -0.3 is 9.80 Å². The van der Waals surface area contributed by atoms with Crippen LogP contribution in [0.5, 0.6) is 0 Å². The quantitative estimate of drug-likeness (QED) is 0.279. The first kappa shape index (κ1) is 31.4. The van der Waals surface area contributed by atoms with Crippen LogP contribution in [0, 0.1) is 0 Å². The molecule has 2 fully saturated rings. The first-order chi connectivity index (χ1) is 18.8. The summed E-state index contributed by atoms with van der Waals surface area (Å²) < 4.78 is 79.8. The number of halogens is 8. The minimum Gasteiger partial charge on any atom is -0.304 e. The van der Waals surface area contributed by atoms with E-state index in [4.69, 9.17) is 23.2 Å². The van der Waals surface area contributed by atoms with Gasteiger partial charge in [-0.25, -0.2) is 0 Å². The van der Waals surface area contributed by atoms with Crippen LogP contribution in [-0.2, 0) is 18.8 Å². The molecular formula is C29H35Cl2F6N3. The zero-order chi connectivity index (χ0) is 29.1. The molecule has 2 aromatic carbocycles. The van der Waals surface area contributed by atoms with Gasteiger partial charge in [0.05, 0.1) is 21.2 Å². The fraction of sp³-hybridized carbons (Fsp3) is 0.586. The van der Waals surface area contributed by atoms with Crippen molar-refractivity contribution in [2.75, 3.05) is 46.3 Å². The number of hydrogen-bond acceptors (Lipinski definition) is 3. The van der Waals surface area contributed by atoms with Crippen molar-refractivity contribution in [3.63, 3.8) is 0 Å². The smallest absolute Gasteiger partial charge is 0.304 e. The van der Waals surface area contributed by atoms with Crippen LogP contribution in [0.2, 0.25) is 10.0 Å². The van der Waals surface area contributed by atoms with Crippen molar-refractivity contribution < 1.29 is 26.3 Å². The summed E-state index contributed by atoms with van der Waals surface area (Å²) in [4.78, 5) is 6.96. The van der Waals surface area contributed by atoms with Crippen LogP contribution in [-0.4, -0.2) is 67.1 Å². The number of piperidine rings is 2. The molecule has 0 spiro atoms. The standard InChI is InChI=1S/C29H35Cl2F6N3/c1-38(12-7-20-15-22(28(32,33)34)18-23(16-20)29(35,36)37)19-27(21-5-6-25(30)26(31)17-21)40-13-8-24(9-14-40)39-10-3-2-4-11-39/h5-6,15-18,24,27H,2-4,7-14,19H2,1H3. The molecule has 0 saturated carbocycles. The molecule has 1 unspecified atom stereocenters. The van der Waals surface area contributed by atoms with Crippen LogP contribution < -0.4 is 0 Å². The molecule has 2 aliphatic heterocycles. The number of alkyl halides is 6. The van der Waals surface area contributed by atoms with Crippen molar-refractivity contribution in [2.45, 2.75) is 63.0 Å². The van der Waals surface area contributed by atoms with E-state index in [2.05, 4.69) is 9.80 Å². The highest BCUT2D eigenvalue weighted by Gasteiger charge is 2.37. The van der Waals surface area contributed by atoms with Crippen molar-refractivity contribution >= 4 is 23.2 Å². The predicted octanol–water partition coefficient (Wildman–Crippen LogP) is 8.20. The van der Waals surface area contributed by atoms with Crippen molar-refractivity contribution in [1.29, 1.82) is 0 Å². The summed E-state index contributed by atoms with van der Waals surface area (Å²) in [5.41, 5.74) is -1.59. The minimum absolute atomic E-state index is 0.00225. The molecule has 2 aromatic rings. The van der Waals surface area contributed by atoms with Crippen molar-refractivity contribution in [2.24, 2.45) is 0 Å². The number of rotatable bonds is 8. The Balaban J connectivity index is 1.46.